The first-order valence-corrected chi connectivity index (χ1v) is 6.75. The predicted octanol–water partition coefficient (Wildman–Crippen LogP) is 0.611. The van der Waals surface area contributed by atoms with Crippen LogP contribution in [0.1, 0.15) is 0 Å². The fraction of sp³-hybridized carbons (Fsp3) is 0.100. The van der Waals surface area contributed by atoms with Crippen molar-refractivity contribution in [3.63, 3.8) is 0 Å². The maximum Gasteiger partial charge on any atom is 0.223 e. The molecule has 0 spiro atoms. The van der Waals surface area contributed by atoms with Crippen molar-refractivity contribution in [2.24, 2.45) is 0 Å². The van der Waals surface area contributed by atoms with Gasteiger partial charge in [-0.25, -0.2) is 19.9 Å². The predicted molar refractivity (Wildman–Crippen MR) is 79.4 cm³/mol. The van der Waals surface area contributed by atoms with Crippen LogP contribution in [0.15, 0.2) is 22.7 Å². The zero-order chi connectivity index (χ0) is 15.7. The van der Waals surface area contributed by atoms with Crippen molar-refractivity contribution in [2.45, 2.75) is 10.1 Å². The van der Waals surface area contributed by atoms with E-state index in [0.717, 1.165) is 11.8 Å². The van der Waals surface area contributed by atoms with Gasteiger partial charge in [0.15, 0.2) is 11.5 Å². The zero-order valence-electron chi connectivity index (χ0n) is 11.2. The van der Waals surface area contributed by atoms with Gasteiger partial charge in [0.2, 0.25) is 5.95 Å². The third-order valence-corrected chi connectivity index (χ3v) is 3.66. The van der Waals surface area contributed by atoms with Gasteiger partial charge in [0, 0.05) is 7.05 Å². The molecule has 3 aromatic heterocycles. The number of fused-ring (bicyclic) bond motifs is 1. The number of rotatable bonds is 4. The summed E-state index contributed by atoms with van der Waals surface area (Å²) in [5, 5.41) is 23.7. The number of nitrogens with zero attached hydrogens (tertiary/aromatic N) is 6. The highest BCUT2D eigenvalue weighted by Gasteiger charge is 2.17. The van der Waals surface area contributed by atoms with Crippen LogP contribution >= 0.6 is 11.8 Å². The molecule has 0 saturated carbocycles. The maximum atomic E-state index is 11.4. The van der Waals surface area contributed by atoms with E-state index in [2.05, 4.69) is 35.2 Å². The van der Waals surface area contributed by atoms with Crippen LogP contribution in [-0.2, 0) is 0 Å². The molecule has 0 aliphatic rings. The highest BCUT2D eigenvalue weighted by atomic mass is 32.2. The summed E-state index contributed by atoms with van der Waals surface area (Å²) in [5.74, 6) is 0.215. The van der Waals surface area contributed by atoms with Gasteiger partial charge in [0.25, 0.3) is 0 Å². The molecule has 12 heteroatoms. The van der Waals surface area contributed by atoms with E-state index in [1.165, 1.54) is 12.7 Å². The largest absolute Gasteiger partial charge is 0.733 e. The Balaban J connectivity index is 2.11. The Hall–Kier alpha value is -2.70. The first-order valence-electron chi connectivity index (χ1n) is 5.93. The lowest BCUT2D eigenvalue weighted by molar-refractivity contribution is 0.294. The molecule has 5 N–H and O–H groups in total. The Kier molecular flexibility index (Phi) is 3.62. The number of H-pyrrole nitrogens is 1. The molecule has 0 aliphatic carbocycles. The van der Waals surface area contributed by atoms with Crippen LogP contribution in [0.5, 0.6) is 0 Å². The molecular weight excluding hydrogens is 310 g/mol. The number of aromatic nitrogens is 6. The minimum Gasteiger partial charge on any atom is -0.733 e. The van der Waals surface area contributed by atoms with Gasteiger partial charge >= 0.3 is 0 Å². The van der Waals surface area contributed by atoms with E-state index >= 15 is 0 Å². The van der Waals surface area contributed by atoms with Gasteiger partial charge in [-0.1, -0.05) is 0 Å². The minimum atomic E-state index is -0.303. The van der Waals surface area contributed by atoms with E-state index in [1.807, 2.05) is 0 Å². The van der Waals surface area contributed by atoms with Gasteiger partial charge in [0.1, 0.15) is 27.6 Å². The summed E-state index contributed by atoms with van der Waals surface area (Å²) in [6, 6.07) is 0. The quantitative estimate of drug-likeness (QED) is 0.393. The molecule has 0 fully saturated rings. The molecule has 3 rings (SSSR count). The number of nitrogen functional groups attached to an aromatic ring is 1. The number of hydrogen-bond acceptors (Lipinski definition) is 11. The molecule has 3 heterocycles. The third kappa shape index (κ3) is 2.45. The second kappa shape index (κ2) is 5.59. The van der Waals surface area contributed by atoms with Crippen LogP contribution in [0.25, 0.3) is 11.2 Å². The highest BCUT2D eigenvalue weighted by molar-refractivity contribution is 7.99. The topological polar surface area (TPSA) is 165 Å². The summed E-state index contributed by atoms with van der Waals surface area (Å²) in [7, 11) is 1.57. The lowest BCUT2D eigenvalue weighted by Gasteiger charge is -2.25. The van der Waals surface area contributed by atoms with Gasteiger partial charge in [-0.05, 0) is 11.8 Å². The van der Waals surface area contributed by atoms with Gasteiger partial charge < -0.3 is 26.5 Å². The molecule has 0 aromatic carbocycles. The Morgan fingerprint density at radius 3 is 2.86 bits per heavy atom. The van der Waals surface area contributed by atoms with Crippen molar-refractivity contribution in [2.75, 3.05) is 23.3 Å². The Bertz CT molecular complexity index is 821. The molecule has 0 bridgehead atoms. The minimum absolute atomic E-state index is 0.0366. The monoisotopic (exact) mass is 320 g/mol. The van der Waals surface area contributed by atoms with Gasteiger partial charge in [-0.2, -0.15) is 4.98 Å². The fourth-order valence-electron chi connectivity index (χ4n) is 1.78. The molecule has 114 valence electrons. The molecule has 0 aliphatic heterocycles. The van der Waals surface area contributed by atoms with Crippen LogP contribution < -0.4 is 16.3 Å². The maximum absolute atomic E-state index is 11.4. The first-order chi connectivity index (χ1) is 10.6. The molecule has 3 aromatic rings. The second-order valence-corrected chi connectivity index (χ2v) is 4.97. The molecule has 0 amide bonds. The van der Waals surface area contributed by atoms with Crippen LogP contribution in [0.4, 0.5) is 17.5 Å². The molecular formula is C10H10N9O2S-. The normalized spacial score (nSPS) is 10.9. The van der Waals surface area contributed by atoms with Gasteiger partial charge in [-0.3, -0.25) is 5.21 Å². The van der Waals surface area contributed by atoms with E-state index in [0.29, 0.717) is 16.2 Å². The first kappa shape index (κ1) is 14.2. The smallest absolute Gasteiger partial charge is 0.223 e. The SMILES string of the molecule is CNc1ncnc(Sc2nc(N)nc3nc[nH]c23)c1N([O-])O. The lowest BCUT2D eigenvalue weighted by Crippen LogP contribution is -2.13. The van der Waals surface area contributed by atoms with E-state index in [9.17, 15) is 10.4 Å². The van der Waals surface area contributed by atoms with Crippen molar-refractivity contribution in [3.05, 3.63) is 17.9 Å². The fourth-order valence-corrected chi connectivity index (χ4v) is 2.73. The second-order valence-electron chi connectivity index (χ2n) is 3.99. The molecule has 0 atom stereocenters. The van der Waals surface area contributed by atoms with E-state index in [-0.39, 0.29) is 27.7 Å². The average molecular weight is 320 g/mol. The summed E-state index contributed by atoms with van der Waals surface area (Å²) in [4.78, 5) is 22.8. The number of aromatic amines is 1. The molecule has 11 nitrogen and oxygen atoms in total. The molecule has 0 saturated heterocycles. The van der Waals surface area contributed by atoms with Crippen molar-refractivity contribution < 1.29 is 5.21 Å². The number of anilines is 3. The van der Waals surface area contributed by atoms with Crippen LogP contribution in [0.2, 0.25) is 0 Å². The van der Waals surface area contributed by atoms with E-state index < -0.39 is 0 Å². The Labute approximate surface area is 127 Å². The summed E-state index contributed by atoms with van der Waals surface area (Å²) >= 11 is 1.03. The number of nitrogens with one attached hydrogen (secondary N) is 2. The molecule has 0 radical (unpaired) electrons. The summed E-state index contributed by atoms with van der Waals surface area (Å²) in [5.41, 5.74) is 6.45. The van der Waals surface area contributed by atoms with Crippen molar-refractivity contribution in [1.29, 1.82) is 0 Å². The number of hydrogen-bond donors (Lipinski definition) is 4. The van der Waals surface area contributed by atoms with Crippen molar-refractivity contribution in [1.82, 2.24) is 29.9 Å². The van der Waals surface area contributed by atoms with E-state index in [4.69, 9.17) is 5.73 Å². The van der Waals surface area contributed by atoms with Crippen molar-refractivity contribution in [3.8, 4) is 0 Å². The standard InChI is InChI=1S/C10H10N9O2S/c1-12-7-5(19(20)21)9(16-3-15-7)22-8-4-6(14-2-13-4)17-10(11)18-8/h2-3,20H,1H3,(H,12,15,16)(H3,11,13,14,17,18)/q-1. The summed E-state index contributed by atoms with van der Waals surface area (Å²) in [6.45, 7) is 0. The van der Waals surface area contributed by atoms with Gasteiger partial charge in [-0.15, -0.1) is 0 Å². The summed E-state index contributed by atoms with van der Waals surface area (Å²) in [6.07, 6.45) is 2.71. The highest BCUT2D eigenvalue weighted by Crippen LogP contribution is 2.37. The van der Waals surface area contributed by atoms with Crippen LogP contribution in [0.3, 0.4) is 0 Å². The average Bonchev–Trinajstić information content (AvgIpc) is 2.94. The molecule has 22 heavy (non-hydrogen) atoms. The molecule has 0 unspecified atom stereocenters. The zero-order valence-corrected chi connectivity index (χ0v) is 12.0. The number of imidazole rings is 1. The lowest BCUT2D eigenvalue weighted by atomic mass is 10.5. The Morgan fingerprint density at radius 1 is 1.32 bits per heavy atom. The number of nitrogens with two attached hydrogens (primary N) is 1. The Morgan fingerprint density at radius 2 is 2.14 bits per heavy atom. The van der Waals surface area contributed by atoms with E-state index in [1.54, 1.807) is 7.05 Å². The van der Waals surface area contributed by atoms with Crippen LogP contribution in [-0.4, -0.2) is 42.2 Å². The van der Waals surface area contributed by atoms with Crippen LogP contribution in [0, 0.1) is 5.21 Å². The summed E-state index contributed by atoms with van der Waals surface area (Å²) < 4.78 is 0. The third-order valence-electron chi connectivity index (χ3n) is 2.68. The van der Waals surface area contributed by atoms with Crippen molar-refractivity contribution >= 4 is 40.4 Å². The van der Waals surface area contributed by atoms with Gasteiger partial charge in [0.05, 0.1) is 6.33 Å².